The van der Waals surface area contributed by atoms with Crippen LogP contribution >= 0.6 is 0 Å². The molecule has 2 aromatic rings. The molecule has 4 heteroatoms. The van der Waals surface area contributed by atoms with E-state index >= 15 is 0 Å². The zero-order valence-electron chi connectivity index (χ0n) is 12.8. The van der Waals surface area contributed by atoms with Gasteiger partial charge < -0.3 is 16.0 Å². The molecule has 0 saturated carbocycles. The van der Waals surface area contributed by atoms with Crippen LogP contribution in [0.4, 0.5) is 17.1 Å². The number of rotatable bonds is 3. The molecule has 0 spiro atoms. The monoisotopic (exact) mass is 295 g/mol. The average Bonchev–Trinajstić information content (AvgIpc) is 3.02. The van der Waals surface area contributed by atoms with Crippen molar-refractivity contribution in [3.05, 3.63) is 53.6 Å². The van der Waals surface area contributed by atoms with Gasteiger partial charge in [-0.3, -0.25) is 4.79 Å². The Kier molecular flexibility index (Phi) is 4.00. The van der Waals surface area contributed by atoms with E-state index in [-0.39, 0.29) is 5.91 Å². The molecule has 3 N–H and O–H groups in total. The van der Waals surface area contributed by atoms with Crippen molar-refractivity contribution in [2.75, 3.05) is 29.0 Å². The molecule has 1 amide bonds. The van der Waals surface area contributed by atoms with Crippen molar-refractivity contribution in [3.63, 3.8) is 0 Å². The van der Waals surface area contributed by atoms with Crippen LogP contribution in [0, 0.1) is 6.92 Å². The molecule has 22 heavy (non-hydrogen) atoms. The van der Waals surface area contributed by atoms with Crippen LogP contribution in [0.5, 0.6) is 0 Å². The van der Waals surface area contributed by atoms with E-state index in [0.717, 1.165) is 30.0 Å². The van der Waals surface area contributed by atoms with Gasteiger partial charge in [-0.25, -0.2) is 0 Å². The number of nitrogens with zero attached hydrogens (tertiary/aromatic N) is 1. The standard InChI is InChI=1S/C18H21N3O/c1-13-6-2-3-7-15(13)18(22)20-16-12-14(19)8-9-17(16)21-10-4-5-11-21/h2-3,6-9,12H,4-5,10-11,19H2,1H3,(H,20,22). The summed E-state index contributed by atoms with van der Waals surface area (Å²) in [6.45, 7) is 3.99. The summed E-state index contributed by atoms with van der Waals surface area (Å²) in [6.07, 6.45) is 2.38. The molecular weight excluding hydrogens is 274 g/mol. The van der Waals surface area contributed by atoms with Crippen molar-refractivity contribution in [3.8, 4) is 0 Å². The highest BCUT2D eigenvalue weighted by atomic mass is 16.1. The fraction of sp³-hybridized carbons (Fsp3) is 0.278. The number of nitrogens with two attached hydrogens (primary N) is 1. The summed E-state index contributed by atoms with van der Waals surface area (Å²) < 4.78 is 0. The van der Waals surface area contributed by atoms with Crippen LogP contribution in [0.2, 0.25) is 0 Å². The van der Waals surface area contributed by atoms with Gasteiger partial charge in [-0.15, -0.1) is 0 Å². The maximum atomic E-state index is 12.5. The lowest BCUT2D eigenvalue weighted by atomic mass is 10.1. The number of benzene rings is 2. The summed E-state index contributed by atoms with van der Waals surface area (Å²) in [5, 5.41) is 3.02. The first-order valence-corrected chi connectivity index (χ1v) is 7.66. The normalized spacial score (nSPS) is 14.1. The smallest absolute Gasteiger partial charge is 0.255 e. The Morgan fingerprint density at radius 3 is 2.59 bits per heavy atom. The molecule has 2 aromatic carbocycles. The van der Waals surface area contributed by atoms with Gasteiger partial charge in [0.05, 0.1) is 11.4 Å². The maximum absolute atomic E-state index is 12.5. The van der Waals surface area contributed by atoms with Crippen molar-refractivity contribution < 1.29 is 4.79 Å². The van der Waals surface area contributed by atoms with Crippen molar-refractivity contribution in [2.45, 2.75) is 19.8 Å². The number of nitrogen functional groups attached to an aromatic ring is 1. The Balaban J connectivity index is 1.89. The lowest BCUT2D eigenvalue weighted by Crippen LogP contribution is -2.21. The van der Waals surface area contributed by atoms with E-state index in [1.54, 1.807) is 0 Å². The number of amides is 1. The summed E-state index contributed by atoms with van der Waals surface area (Å²) in [5.74, 6) is -0.0934. The Bertz CT molecular complexity index is 690. The fourth-order valence-electron chi connectivity index (χ4n) is 2.90. The van der Waals surface area contributed by atoms with Gasteiger partial charge >= 0.3 is 0 Å². The van der Waals surface area contributed by atoms with Gasteiger partial charge in [0.15, 0.2) is 0 Å². The minimum Gasteiger partial charge on any atom is -0.399 e. The average molecular weight is 295 g/mol. The topological polar surface area (TPSA) is 58.4 Å². The first kappa shape index (κ1) is 14.4. The number of anilines is 3. The van der Waals surface area contributed by atoms with E-state index in [9.17, 15) is 4.79 Å². The van der Waals surface area contributed by atoms with Crippen LogP contribution in [0.1, 0.15) is 28.8 Å². The van der Waals surface area contributed by atoms with Gasteiger partial charge in [-0.2, -0.15) is 0 Å². The zero-order chi connectivity index (χ0) is 15.5. The molecule has 114 valence electrons. The number of hydrogen-bond acceptors (Lipinski definition) is 3. The van der Waals surface area contributed by atoms with Crippen molar-refractivity contribution >= 4 is 23.0 Å². The number of carbonyl (C=O) groups excluding carboxylic acids is 1. The second kappa shape index (κ2) is 6.10. The molecule has 3 rings (SSSR count). The van der Waals surface area contributed by atoms with E-state index < -0.39 is 0 Å². The predicted octanol–water partition coefficient (Wildman–Crippen LogP) is 3.43. The van der Waals surface area contributed by atoms with E-state index in [1.165, 1.54) is 12.8 Å². The van der Waals surface area contributed by atoms with Gasteiger partial charge in [0.2, 0.25) is 0 Å². The second-order valence-corrected chi connectivity index (χ2v) is 5.74. The molecule has 1 aliphatic rings. The highest BCUT2D eigenvalue weighted by Crippen LogP contribution is 2.31. The van der Waals surface area contributed by atoms with Crippen LogP contribution in [0.15, 0.2) is 42.5 Å². The molecule has 0 aromatic heterocycles. The van der Waals surface area contributed by atoms with Gasteiger partial charge in [0.1, 0.15) is 0 Å². The number of aryl methyl sites for hydroxylation is 1. The Morgan fingerprint density at radius 2 is 1.86 bits per heavy atom. The third kappa shape index (κ3) is 2.91. The molecule has 0 bridgehead atoms. The minimum absolute atomic E-state index is 0.0934. The summed E-state index contributed by atoms with van der Waals surface area (Å²) >= 11 is 0. The molecule has 0 aliphatic carbocycles. The largest absolute Gasteiger partial charge is 0.399 e. The van der Waals surface area contributed by atoms with Crippen LogP contribution in [-0.2, 0) is 0 Å². The first-order chi connectivity index (χ1) is 10.6. The van der Waals surface area contributed by atoms with Gasteiger partial charge in [-0.1, -0.05) is 18.2 Å². The molecule has 1 heterocycles. The van der Waals surface area contributed by atoms with Crippen molar-refractivity contribution in [2.24, 2.45) is 0 Å². The highest BCUT2D eigenvalue weighted by Gasteiger charge is 2.18. The third-order valence-corrected chi connectivity index (χ3v) is 4.11. The van der Waals surface area contributed by atoms with Crippen LogP contribution in [0.3, 0.4) is 0 Å². The fourth-order valence-corrected chi connectivity index (χ4v) is 2.90. The molecular formula is C18H21N3O. The van der Waals surface area contributed by atoms with E-state index in [4.69, 9.17) is 5.73 Å². The van der Waals surface area contributed by atoms with E-state index in [1.807, 2.05) is 49.4 Å². The Hall–Kier alpha value is -2.49. The highest BCUT2D eigenvalue weighted by molar-refractivity contribution is 6.07. The van der Waals surface area contributed by atoms with Gasteiger partial charge in [0, 0.05) is 24.3 Å². The van der Waals surface area contributed by atoms with Crippen LogP contribution in [-0.4, -0.2) is 19.0 Å². The first-order valence-electron chi connectivity index (χ1n) is 7.66. The maximum Gasteiger partial charge on any atom is 0.255 e. The predicted molar refractivity (Wildman–Crippen MR) is 91.4 cm³/mol. The van der Waals surface area contributed by atoms with Gasteiger partial charge in [-0.05, 0) is 49.6 Å². The molecule has 1 saturated heterocycles. The minimum atomic E-state index is -0.0934. The molecule has 4 nitrogen and oxygen atoms in total. The van der Waals surface area contributed by atoms with Crippen molar-refractivity contribution in [1.29, 1.82) is 0 Å². The Morgan fingerprint density at radius 1 is 1.14 bits per heavy atom. The summed E-state index contributed by atoms with van der Waals surface area (Å²) in [7, 11) is 0. The SMILES string of the molecule is Cc1ccccc1C(=O)Nc1cc(N)ccc1N1CCCC1. The van der Waals surface area contributed by atoms with E-state index in [0.29, 0.717) is 11.3 Å². The molecule has 1 fully saturated rings. The molecule has 0 radical (unpaired) electrons. The van der Waals surface area contributed by atoms with Crippen molar-refractivity contribution in [1.82, 2.24) is 0 Å². The van der Waals surface area contributed by atoms with Crippen LogP contribution < -0.4 is 16.0 Å². The molecule has 0 atom stereocenters. The quantitative estimate of drug-likeness (QED) is 0.853. The Labute approximate surface area is 130 Å². The van der Waals surface area contributed by atoms with Gasteiger partial charge in [0.25, 0.3) is 5.91 Å². The lowest BCUT2D eigenvalue weighted by Gasteiger charge is -2.22. The summed E-state index contributed by atoms with van der Waals surface area (Å²) in [5.41, 5.74) is 10.0. The molecule has 1 aliphatic heterocycles. The summed E-state index contributed by atoms with van der Waals surface area (Å²) in [4.78, 5) is 14.8. The number of hydrogen-bond donors (Lipinski definition) is 2. The number of carbonyl (C=O) groups is 1. The summed E-state index contributed by atoms with van der Waals surface area (Å²) in [6, 6.07) is 13.3. The second-order valence-electron chi connectivity index (χ2n) is 5.74. The lowest BCUT2D eigenvalue weighted by molar-refractivity contribution is 0.102. The number of nitrogens with one attached hydrogen (secondary N) is 1. The van der Waals surface area contributed by atoms with Crippen LogP contribution in [0.25, 0.3) is 0 Å². The molecule has 0 unspecified atom stereocenters. The third-order valence-electron chi connectivity index (χ3n) is 4.11. The zero-order valence-corrected chi connectivity index (χ0v) is 12.8. The van der Waals surface area contributed by atoms with E-state index in [2.05, 4.69) is 10.2 Å².